The number of rotatable bonds is 8. The van der Waals surface area contributed by atoms with Gasteiger partial charge in [0, 0.05) is 10.6 Å². The fourth-order valence-electron chi connectivity index (χ4n) is 2.32. The number of nitrogens with zero attached hydrogens (tertiary/aromatic N) is 4. The Morgan fingerprint density at radius 2 is 1.59 bits per heavy atom. The molecule has 2 aromatic heterocycles. The van der Waals surface area contributed by atoms with E-state index >= 15 is 0 Å². The van der Waals surface area contributed by atoms with E-state index in [9.17, 15) is 0 Å². The van der Waals surface area contributed by atoms with Crippen LogP contribution in [0.1, 0.15) is 11.8 Å². The summed E-state index contributed by atoms with van der Waals surface area (Å²) in [5.41, 5.74) is 0.800. The minimum atomic E-state index is 0.168. The van der Waals surface area contributed by atoms with E-state index in [1.54, 1.807) is 31.4 Å². The lowest BCUT2D eigenvalue weighted by Crippen LogP contribution is -1.95. The molecular formula is C19H15ClN4O4S. The molecule has 8 nitrogen and oxygen atoms in total. The minimum Gasteiger partial charge on any atom is -0.497 e. The molecule has 10 heteroatoms. The van der Waals surface area contributed by atoms with Gasteiger partial charge >= 0.3 is 0 Å². The van der Waals surface area contributed by atoms with Crippen molar-refractivity contribution in [2.75, 3.05) is 7.11 Å². The molecule has 0 spiro atoms. The zero-order chi connectivity index (χ0) is 20.1. The SMILES string of the molecule is COc1ccc(OCc2nnc(SCc3nnc(-c4ccc(Cl)cc4)o3)o2)cc1. The predicted octanol–water partition coefficient (Wildman–Crippen LogP) is 4.65. The first-order valence-corrected chi connectivity index (χ1v) is 9.86. The third-order valence-electron chi connectivity index (χ3n) is 3.75. The third kappa shape index (κ3) is 5.07. The summed E-state index contributed by atoms with van der Waals surface area (Å²) in [6, 6.07) is 14.4. The number of aromatic nitrogens is 4. The lowest BCUT2D eigenvalue weighted by molar-refractivity contribution is 0.252. The van der Waals surface area contributed by atoms with Crippen LogP contribution in [0.15, 0.2) is 62.6 Å². The third-order valence-corrected chi connectivity index (χ3v) is 4.80. The van der Waals surface area contributed by atoms with Gasteiger partial charge in [0.1, 0.15) is 11.5 Å². The van der Waals surface area contributed by atoms with Gasteiger partial charge in [-0.3, -0.25) is 0 Å². The molecule has 29 heavy (non-hydrogen) atoms. The first-order chi connectivity index (χ1) is 14.2. The summed E-state index contributed by atoms with van der Waals surface area (Å²) < 4.78 is 21.9. The molecule has 2 heterocycles. The van der Waals surface area contributed by atoms with Crippen molar-refractivity contribution in [1.82, 2.24) is 20.4 Å². The standard InChI is InChI=1S/C19H15ClN4O4S/c1-25-14-6-8-15(9-7-14)26-10-16-21-24-19(28-16)29-11-17-22-23-18(27-17)12-2-4-13(20)5-3-12/h2-9H,10-11H2,1H3. The summed E-state index contributed by atoms with van der Waals surface area (Å²) >= 11 is 7.19. The van der Waals surface area contributed by atoms with E-state index in [4.69, 9.17) is 29.9 Å². The van der Waals surface area contributed by atoms with Crippen molar-refractivity contribution in [3.05, 3.63) is 65.3 Å². The number of thioether (sulfide) groups is 1. The average Bonchev–Trinajstić information content (AvgIpc) is 3.41. The van der Waals surface area contributed by atoms with Gasteiger partial charge in [-0.15, -0.1) is 20.4 Å². The minimum absolute atomic E-state index is 0.168. The van der Waals surface area contributed by atoms with Crippen molar-refractivity contribution < 1.29 is 18.3 Å². The number of ether oxygens (including phenoxy) is 2. The molecule has 0 bridgehead atoms. The first-order valence-electron chi connectivity index (χ1n) is 8.50. The molecule has 0 aliphatic carbocycles. The molecule has 0 N–H and O–H groups in total. The van der Waals surface area contributed by atoms with Gasteiger partial charge in [-0.2, -0.15) is 0 Å². The molecule has 0 unspecified atom stereocenters. The van der Waals surface area contributed by atoms with Gasteiger partial charge in [-0.25, -0.2) is 0 Å². The van der Waals surface area contributed by atoms with Crippen LogP contribution in [0.25, 0.3) is 11.5 Å². The van der Waals surface area contributed by atoms with Gasteiger partial charge in [-0.1, -0.05) is 23.4 Å². The molecule has 0 saturated carbocycles. The van der Waals surface area contributed by atoms with E-state index in [0.29, 0.717) is 39.4 Å². The summed E-state index contributed by atoms with van der Waals surface area (Å²) in [6.07, 6.45) is 0. The van der Waals surface area contributed by atoms with Gasteiger partial charge in [0.2, 0.25) is 11.8 Å². The highest BCUT2D eigenvalue weighted by Gasteiger charge is 2.12. The molecule has 148 valence electrons. The highest BCUT2D eigenvalue weighted by Crippen LogP contribution is 2.25. The number of hydrogen-bond acceptors (Lipinski definition) is 9. The molecule has 0 radical (unpaired) electrons. The lowest BCUT2D eigenvalue weighted by atomic mass is 10.2. The van der Waals surface area contributed by atoms with Gasteiger partial charge in [-0.05, 0) is 48.5 Å². The van der Waals surface area contributed by atoms with E-state index in [-0.39, 0.29) is 6.61 Å². The van der Waals surface area contributed by atoms with Crippen LogP contribution in [0, 0.1) is 0 Å². The first kappa shape index (κ1) is 19.3. The molecule has 4 aromatic rings. The topological polar surface area (TPSA) is 96.3 Å². The van der Waals surface area contributed by atoms with Crippen molar-refractivity contribution in [1.29, 1.82) is 0 Å². The Morgan fingerprint density at radius 3 is 2.34 bits per heavy atom. The normalized spacial score (nSPS) is 10.8. The average molecular weight is 431 g/mol. The van der Waals surface area contributed by atoms with Gasteiger partial charge < -0.3 is 18.3 Å². The van der Waals surface area contributed by atoms with Crippen molar-refractivity contribution in [2.24, 2.45) is 0 Å². The van der Waals surface area contributed by atoms with Crippen LogP contribution in [-0.2, 0) is 12.4 Å². The summed E-state index contributed by atoms with van der Waals surface area (Å²) in [7, 11) is 1.61. The Morgan fingerprint density at radius 1 is 0.862 bits per heavy atom. The summed E-state index contributed by atoms with van der Waals surface area (Å²) in [5, 5.41) is 17.1. The van der Waals surface area contributed by atoms with Gasteiger partial charge in [0.05, 0.1) is 12.9 Å². The molecule has 0 atom stereocenters. The molecule has 0 saturated heterocycles. The van der Waals surface area contributed by atoms with Crippen LogP contribution < -0.4 is 9.47 Å². The second-order valence-corrected chi connectivity index (χ2v) is 7.09. The molecule has 0 aliphatic heterocycles. The fourth-order valence-corrected chi connectivity index (χ4v) is 3.06. The van der Waals surface area contributed by atoms with E-state index in [1.165, 1.54) is 11.8 Å². The van der Waals surface area contributed by atoms with Crippen LogP contribution >= 0.6 is 23.4 Å². The summed E-state index contributed by atoms with van der Waals surface area (Å²) in [5.74, 6) is 3.09. The Hall–Kier alpha value is -3.04. The van der Waals surface area contributed by atoms with E-state index in [2.05, 4.69) is 20.4 Å². The molecule has 2 aromatic carbocycles. The monoisotopic (exact) mass is 430 g/mol. The Bertz CT molecular complexity index is 1070. The molecule has 4 rings (SSSR count). The molecular weight excluding hydrogens is 416 g/mol. The van der Waals surface area contributed by atoms with Crippen LogP contribution in [-0.4, -0.2) is 27.5 Å². The van der Waals surface area contributed by atoms with Crippen molar-refractivity contribution in [2.45, 2.75) is 17.6 Å². The van der Waals surface area contributed by atoms with E-state index in [0.717, 1.165) is 11.3 Å². The largest absolute Gasteiger partial charge is 0.497 e. The maximum absolute atomic E-state index is 5.89. The highest BCUT2D eigenvalue weighted by molar-refractivity contribution is 7.98. The maximum atomic E-state index is 5.89. The summed E-state index contributed by atoms with van der Waals surface area (Å²) in [6.45, 7) is 0.168. The zero-order valence-corrected chi connectivity index (χ0v) is 16.8. The Balaban J connectivity index is 1.29. The highest BCUT2D eigenvalue weighted by atomic mass is 35.5. The molecule has 0 aliphatic rings. The fraction of sp³-hybridized carbons (Fsp3) is 0.158. The number of methoxy groups -OCH3 is 1. The second kappa shape index (κ2) is 8.97. The van der Waals surface area contributed by atoms with Crippen molar-refractivity contribution >= 4 is 23.4 Å². The number of halogens is 1. The Kier molecular flexibility index (Phi) is 5.97. The van der Waals surface area contributed by atoms with Gasteiger partial charge in [0.15, 0.2) is 6.61 Å². The van der Waals surface area contributed by atoms with E-state index < -0.39 is 0 Å². The number of benzene rings is 2. The second-order valence-electron chi connectivity index (χ2n) is 5.72. The molecule has 0 fully saturated rings. The van der Waals surface area contributed by atoms with Gasteiger partial charge in [0.25, 0.3) is 11.1 Å². The Labute approximate surface area is 175 Å². The van der Waals surface area contributed by atoms with Crippen LogP contribution in [0.5, 0.6) is 11.5 Å². The predicted molar refractivity (Wildman–Crippen MR) is 106 cm³/mol. The number of hydrogen-bond donors (Lipinski definition) is 0. The maximum Gasteiger partial charge on any atom is 0.277 e. The summed E-state index contributed by atoms with van der Waals surface area (Å²) in [4.78, 5) is 0. The van der Waals surface area contributed by atoms with Crippen molar-refractivity contribution in [3.8, 4) is 23.0 Å². The van der Waals surface area contributed by atoms with E-state index in [1.807, 2.05) is 24.3 Å². The van der Waals surface area contributed by atoms with Crippen molar-refractivity contribution in [3.63, 3.8) is 0 Å². The van der Waals surface area contributed by atoms with Crippen LogP contribution in [0.4, 0.5) is 0 Å². The molecule has 0 amide bonds. The zero-order valence-electron chi connectivity index (χ0n) is 15.2. The van der Waals surface area contributed by atoms with Crippen LogP contribution in [0.3, 0.4) is 0 Å². The smallest absolute Gasteiger partial charge is 0.277 e. The lowest BCUT2D eigenvalue weighted by Gasteiger charge is -2.04. The quantitative estimate of drug-likeness (QED) is 0.370. The van der Waals surface area contributed by atoms with Crippen LogP contribution in [0.2, 0.25) is 5.02 Å².